The first-order valence-electron chi connectivity index (χ1n) is 8.26. The molecule has 2 aromatic rings. The number of aromatic nitrogens is 1. The van der Waals surface area contributed by atoms with Crippen molar-refractivity contribution in [2.75, 3.05) is 13.1 Å². The molecular formula is C18H20N2O5. The van der Waals surface area contributed by atoms with Gasteiger partial charge in [-0.05, 0) is 24.3 Å². The van der Waals surface area contributed by atoms with E-state index in [1.807, 2.05) is 30.3 Å². The van der Waals surface area contributed by atoms with Crippen LogP contribution in [0, 0.1) is 5.92 Å². The maximum Gasteiger partial charge on any atom is 0.410 e. The molecule has 3 rings (SSSR count). The van der Waals surface area contributed by atoms with Crippen LogP contribution in [0.3, 0.4) is 0 Å². The Labute approximate surface area is 145 Å². The first kappa shape index (κ1) is 17.0. The number of aromatic carboxylic acids is 1. The first-order valence-corrected chi connectivity index (χ1v) is 8.26. The summed E-state index contributed by atoms with van der Waals surface area (Å²) in [6.07, 6.45) is 1.98. The number of amides is 1. The van der Waals surface area contributed by atoms with Gasteiger partial charge < -0.3 is 19.3 Å². The molecule has 1 aromatic carbocycles. The quantitative estimate of drug-likeness (QED) is 0.896. The zero-order valence-electron chi connectivity index (χ0n) is 13.8. The van der Waals surface area contributed by atoms with E-state index in [1.54, 1.807) is 4.90 Å². The molecule has 132 valence electrons. The van der Waals surface area contributed by atoms with Crippen LogP contribution in [-0.4, -0.2) is 40.3 Å². The fraction of sp³-hybridized carbons (Fsp3) is 0.389. The topological polar surface area (TPSA) is 92.9 Å². The van der Waals surface area contributed by atoms with Gasteiger partial charge >= 0.3 is 12.1 Å². The van der Waals surface area contributed by atoms with Gasteiger partial charge in [-0.15, -0.1) is 0 Å². The molecule has 0 saturated carbocycles. The number of benzene rings is 1. The molecule has 0 aliphatic carbocycles. The summed E-state index contributed by atoms with van der Waals surface area (Å²) < 4.78 is 10.4. The molecule has 1 amide bonds. The number of piperidine rings is 1. The van der Waals surface area contributed by atoms with Gasteiger partial charge in [0.1, 0.15) is 12.4 Å². The number of hydrogen-bond acceptors (Lipinski definition) is 5. The number of carbonyl (C=O) groups is 2. The lowest BCUT2D eigenvalue weighted by atomic mass is 9.92. The summed E-state index contributed by atoms with van der Waals surface area (Å²) in [6.45, 7) is 1.52. The molecule has 0 spiro atoms. The van der Waals surface area contributed by atoms with Crippen molar-refractivity contribution in [1.29, 1.82) is 0 Å². The normalized spacial score (nSPS) is 15.1. The van der Waals surface area contributed by atoms with Gasteiger partial charge in [0.2, 0.25) is 0 Å². The molecule has 1 saturated heterocycles. The molecular weight excluding hydrogens is 324 g/mol. The molecule has 0 bridgehead atoms. The van der Waals surface area contributed by atoms with Crippen LogP contribution in [0.1, 0.15) is 34.7 Å². The van der Waals surface area contributed by atoms with Crippen molar-refractivity contribution in [1.82, 2.24) is 10.1 Å². The average Bonchev–Trinajstić information content (AvgIpc) is 3.10. The first-order chi connectivity index (χ1) is 12.1. The fourth-order valence-electron chi connectivity index (χ4n) is 2.92. The van der Waals surface area contributed by atoms with Crippen LogP contribution in [0.15, 0.2) is 40.9 Å². The minimum atomic E-state index is -1.09. The highest BCUT2D eigenvalue weighted by Gasteiger charge is 2.25. The molecule has 1 N–H and O–H groups in total. The lowest BCUT2D eigenvalue weighted by Crippen LogP contribution is -2.39. The Morgan fingerprint density at radius 1 is 1.24 bits per heavy atom. The highest BCUT2D eigenvalue weighted by Crippen LogP contribution is 2.22. The van der Waals surface area contributed by atoms with E-state index in [0.29, 0.717) is 31.2 Å². The number of carboxylic acids is 1. The van der Waals surface area contributed by atoms with E-state index in [2.05, 4.69) is 5.16 Å². The number of likely N-dealkylation sites (tertiary alicyclic amines) is 1. The minimum absolute atomic E-state index is 0.0723. The third-order valence-electron chi connectivity index (χ3n) is 4.35. The Hall–Kier alpha value is -2.83. The number of hydrogen-bond donors (Lipinski definition) is 1. The Kier molecular flexibility index (Phi) is 5.33. The number of ether oxygens (including phenoxy) is 1. The lowest BCUT2D eigenvalue weighted by Gasteiger charge is -2.30. The van der Waals surface area contributed by atoms with Gasteiger partial charge in [0.25, 0.3) is 0 Å². The minimum Gasteiger partial charge on any atom is -0.476 e. The van der Waals surface area contributed by atoms with Crippen LogP contribution in [0.2, 0.25) is 0 Å². The van der Waals surface area contributed by atoms with Gasteiger partial charge in [-0.2, -0.15) is 0 Å². The Bertz CT molecular complexity index is 720. The number of rotatable bonds is 5. The summed E-state index contributed by atoms with van der Waals surface area (Å²) in [5.74, 6) is -0.179. The fourth-order valence-corrected chi connectivity index (χ4v) is 2.92. The second-order valence-corrected chi connectivity index (χ2v) is 6.16. The van der Waals surface area contributed by atoms with Crippen LogP contribution in [-0.2, 0) is 17.8 Å². The molecule has 7 nitrogen and oxygen atoms in total. The Balaban J connectivity index is 1.43. The van der Waals surface area contributed by atoms with Gasteiger partial charge in [-0.1, -0.05) is 35.5 Å². The highest BCUT2D eigenvalue weighted by molar-refractivity contribution is 5.85. The molecule has 2 heterocycles. The summed E-state index contributed by atoms with van der Waals surface area (Å²) >= 11 is 0. The largest absolute Gasteiger partial charge is 0.476 e. The monoisotopic (exact) mass is 344 g/mol. The van der Waals surface area contributed by atoms with Crippen molar-refractivity contribution in [2.45, 2.75) is 25.9 Å². The summed E-state index contributed by atoms with van der Waals surface area (Å²) in [5, 5.41) is 12.4. The van der Waals surface area contributed by atoms with Crippen molar-refractivity contribution in [3.05, 3.63) is 53.4 Å². The Morgan fingerprint density at radius 2 is 1.96 bits per heavy atom. The zero-order chi connectivity index (χ0) is 17.6. The molecule has 1 fully saturated rings. The van der Waals surface area contributed by atoms with Crippen molar-refractivity contribution >= 4 is 12.1 Å². The molecule has 25 heavy (non-hydrogen) atoms. The average molecular weight is 344 g/mol. The van der Waals surface area contributed by atoms with E-state index in [-0.39, 0.29) is 18.4 Å². The molecule has 1 aromatic heterocycles. The van der Waals surface area contributed by atoms with Gasteiger partial charge in [-0.3, -0.25) is 0 Å². The summed E-state index contributed by atoms with van der Waals surface area (Å²) in [5.41, 5.74) is 0.891. The van der Waals surface area contributed by atoms with E-state index in [4.69, 9.17) is 14.4 Å². The molecule has 0 atom stereocenters. The van der Waals surface area contributed by atoms with Gasteiger partial charge in [0.15, 0.2) is 5.69 Å². The molecule has 1 aliphatic heterocycles. The second kappa shape index (κ2) is 7.83. The predicted octanol–water partition coefficient (Wildman–Crippen LogP) is 2.96. The van der Waals surface area contributed by atoms with E-state index in [9.17, 15) is 9.59 Å². The van der Waals surface area contributed by atoms with Crippen molar-refractivity contribution < 1.29 is 24.0 Å². The molecule has 7 heteroatoms. The number of carboxylic acid groups (broad SMARTS) is 1. The van der Waals surface area contributed by atoms with E-state index in [0.717, 1.165) is 18.4 Å². The Morgan fingerprint density at radius 3 is 2.60 bits per heavy atom. The van der Waals surface area contributed by atoms with Crippen LogP contribution < -0.4 is 0 Å². The van der Waals surface area contributed by atoms with Crippen molar-refractivity contribution in [2.24, 2.45) is 5.92 Å². The smallest absolute Gasteiger partial charge is 0.410 e. The second-order valence-electron chi connectivity index (χ2n) is 6.16. The maximum atomic E-state index is 12.1. The van der Waals surface area contributed by atoms with Gasteiger partial charge in [0, 0.05) is 25.6 Å². The van der Waals surface area contributed by atoms with Crippen LogP contribution in [0.5, 0.6) is 0 Å². The predicted molar refractivity (Wildman–Crippen MR) is 88.1 cm³/mol. The van der Waals surface area contributed by atoms with Crippen molar-refractivity contribution in [3.63, 3.8) is 0 Å². The van der Waals surface area contributed by atoms with Crippen LogP contribution in [0.25, 0.3) is 0 Å². The van der Waals surface area contributed by atoms with Gasteiger partial charge in [-0.25, -0.2) is 9.59 Å². The van der Waals surface area contributed by atoms with E-state index >= 15 is 0 Å². The molecule has 0 unspecified atom stereocenters. The summed E-state index contributed by atoms with van der Waals surface area (Å²) in [7, 11) is 0. The highest BCUT2D eigenvalue weighted by atomic mass is 16.6. The molecule has 1 aliphatic rings. The van der Waals surface area contributed by atoms with Crippen molar-refractivity contribution in [3.8, 4) is 0 Å². The van der Waals surface area contributed by atoms with E-state index in [1.165, 1.54) is 6.07 Å². The SMILES string of the molecule is O=C(O)c1cc(CC2CCN(C(=O)OCc3ccccc3)CC2)on1. The third kappa shape index (κ3) is 4.59. The maximum absolute atomic E-state index is 12.1. The summed E-state index contributed by atoms with van der Waals surface area (Å²) in [4.78, 5) is 24.6. The number of carbonyl (C=O) groups excluding carboxylic acids is 1. The van der Waals surface area contributed by atoms with E-state index < -0.39 is 5.97 Å². The van der Waals surface area contributed by atoms with Crippen LogP contribution >= 0.6 is 0 Å². The standard InChI is InChI=1S/C18H20N2O5/c21-17(22)16-11-15(25-19-16)10-13-6-8-20(9-7-13)18(23)24-12-14-4-2-1-3-5-14/h1-5,11,13H,6-10,12H2,(H,21,22). The summed E-state index contributed by atoms with van der Waals surface area (Å²) in [6, 6.07) is 11.0. The zero-order valence-corrected chi connectivity index (χ0v) is 13.8. The lowest BCUT2D eigenvalue weighted by molar-refractivity contribution is 0.0685. The number of nitrogens with zero attached hydrogens (tertiary/aromatic N) is 2. The van der Waals surface area contributed by atoms with Crippen LogP contribution in [0.4, 0.5) is 4.79 Å². The third-order valence-corrected chi connectivity index (χ3v) is 4.35. The van der Waals surface area contributed by atoms with Gasteiger partial charge in [0.05, 0.1) is 0 Å². The molecule has 0 radical (unpaired) electrons.